The van der Waals surface area contributed by atoms with Gasteiger partial charge < -0.3 is 14.4 Å². The molecule has 9 heteroatoms. The molecule has 3 heterocycles. The minimum atomic E-state index is -0.449. The van der Waals surface area contributed by atoms with E-state index in [-0.39, 0.29) is 6.04 Å². The molecule has 1 aliphatic heterocycles. The van der Waals surface area contributed by atoms with Gasteiger partial charge in [0.25, 0.3) is 0 Å². The maximum atomic E-state index is 10.4. The molecule has 0 saturated carbocycles. The van der Waals surface area contributed by atoms with Gasteiger partial charge in [-0.2, -0.15) is 4.37 Å². The molecule has 126 valence electrons. The summed E-state index contributed by atoms with van der Waals surface area (Å²) in [5.74, 6) is 2.29. The van der Waals surface area contributed by atoms with Gasteiger partial charge in [-0.3, -0.25) is 4.90 Å². The van der Waals surface area contributed by atoms with Crippen LogP contribution >= 0.6 is 11.5 Å². The van der Waals surface area contributed by atoms with Crippen molar-refractivity contribution in [1.82, 2.24) is 24.5 Å². The molecule has 0 amide bonds. The quantitative estimate of drug-likeness (QED) is 0.864. The van der Waals surface area contributed by atoms with Gasteiger partial charge in [0.15, 0.2) is 0 Å². The number of hydrogen-bond acceptors (Lipinski definition) is 9. The SMILES string of the molecule is Cc1nnc(CN(C)C2CN(c3nc(C(C)C)ns3)C[C@H]2O)o1. The van der Waals surface area contributed by atoms with E-state index in [0.29, 0.717) is 37.3 Å². The molecule has 2 aromatic heterocycles. The number of aryl methyl sites for hydroxylation is 1. The molecule has 0 aromatic carbocycles. The van der Waals surface area contributed by atoms with Crippen molar-refractivity contribution in [1.29, 1.82) is 0 Å². The molecule has 0 aliphatic carbocycles. The second-order valence-corrected chi connectivity index (χ2v) is 6.99. The lowest BCUT2D eigenvalue weighted by atomic mass is 10.2. The number of rotatable bonds is 5. The van der Waals surface area contributed by atoms with E-state index in [1.165, 1.54) is 11.5 Å². The molecule has 0 spiro atoms. The Hall–Kier alpha value is -1.58. The number of hydrogen-bond donors (Lipinski definition) is 1. The van der Waals surface area contributed by atoms with E-state index in [9.17, 15) is 5.11 Å². The number of aliphatic hydroxyl groups excluding tert-OH is 1. The van der Waals surface area contributed by atoms with Crippen molar-refractivity contribution in [2.75, 3.05) is 25.0 Å². The van der Waals surface area contributed by atoms with Crippen molar-refractivity contribution < 1.29 is 9.52 Å². The molecule has 8 nitrogen and oxygen atoms in total. The third kappa shape index (κ3) is 3.51. The summed E-state index contributed by atoms with van der Waals surface area (Å²) in [7, 11) is 1.95. The summed E-state index contributed by atoms with van der Waals surface area (Å²) in [6, 6.07) is -0.00592. The summed E-state index contributed by atoms with van der Waals surface area (Å²) in [5.41, 5.74) is 0. The first kappa shape index (κ1) is 16.3. The van der Waals surface area contributed by atoms with E-state index in [2.05, 4.69) is 38.3 Å². The minimum Gasteiger partial charge on any atom is -0.424 e. The maximum absolute atomic E-state index is 10.4. The summed E-state index contributed by atoms with van der Waals surface area (Å²) in [5, 5.41) is 19.1. The van der Waals surface area contributed by atoms with Crippen LogP contribution in [0.1, 0.15) is 37.4 Å². The summed E-state index contributed by atoms with van der Waals surface area (Å²) in [6.07, 6.45) is -0.449. The second-order valence-electron chi connectivity index (χ2n) is 6.26. The van der Waals surface area contributed by atoms with Gasteiger partial charge in [-0.1, -0.05) is 13.8 Å². The van der Waals surface area contributed by atoms with Gasteiger partial charge in [0, 0.05) is 37.5 Å². The maximum Gasteiger partial charge on any atom is 0.230 e. The highest BCUT2D eigenvalue weighted by molar-refractivity contribution is 7.09. The molecule has 2 aromatic rings. The fraction of sp³-hybridized carbons (Fsp3) is 0.714. The third-order valence-electron chi connectivity index (χ3n) is 4.00. The van der Waals surface area contributed by atoms with Gasteiger partial charge in [-0.15, -0.1) is 10.2 Å². The number of likely N-dealkylation sites (N-methyl/N-ethyl adjacent to an activating group) is 1. The first-order valence-corrected chi connectivity index (χ1v) is 8.47. The average Bonchev–Trinajstić information content (AvgIpc) is 3.18. The number of β-amino-alcohol motifs (C(OH)–C–C–N with tert-alkyl or cyclic N) is 1. The number of aromatic nitrogens is 4. The standard InChI is InChI=1S/C14H22N6O2S/c1-8(2)13-15-14(23-18-13)20-5-10(11(21)6-20)19(4)7-12-17-16-9(3)22-12/h8,10-11,21H,5-7H2,1-4H3/t10?,11-/m1/s1. The van der Waals surface area contributed by atoms with Crippen LogP contribution in [0.5, 0.6) is 0 Å². The molecule has 0 radical (unpaired) electrons. The minimum absolute atomic E-state index is 0.00592. The molecule has 0 bridgehead atoms. The fourth-order valence-electron chi connectivity index (χ4n) is 2.68. The Morgan fingerprint density at radius 2 is 2.17 bits per heavy atom. The summed E-state index contributed by atoms with van der Waals surface area (Å²) in [6.45, 7) is 7.71. The average molecular weight is 338 g/mol. The summed E-state index contributed by atoms with van der Waals surface area (Å²) >= 11 is 1.39. The van der Waals surface area contributed by atoms with Crippen LogP contribution < -0.4 is 4.90 Å². The van der Waals surface area contributed by atoms with Gasteiger partial charge in [0.05, 0.1) is 18.7 Å². The zero-order valence-electron chi connectivity index (χ0n) is 13.8. The zero-order valence-corrected chi connectivity index (χ0v) is 14.6. The Morgan fingerprint density at radius 1 is 1.39 bits per heavy atom. The van der Waals surface area contributed by atoms with Crippen molar-refractivity contribution in [3.63, 3.8) is 0 Å². The molecule has 1 fully saturated rings. The summed E-state index contributed by atoms with van der Waals surface area (Å²) in [4.78, 5) is 8.71. The number of aliphatic hydroxyl groups is 1. The van der Waals surface area contributed by atoms with Crippen LogP contribution in [0.15, 0.2) is 4.42 Å². The number of anilines is 1. The molecule has 3 rings (SSSR count). The van der Waals surface area contributed by atoms with Gasteiger partial charge in [0.2, 0.25) is 16.9 Å². The van der Waals surface area contributed by atoms with Gasteiger partial charge in [-0.05, 0) is 7.05 Å². The van der Waals surface area contributed by atoms with Gasteiger partial charge in [0.1, 0.15) is 5.82 Å². The lowest BCUT2D eigenvalue weighted by molar-refractivity contribution is 0.0903. The van der Waals surface area contributed by atoms with E-state index in [0.717, 1.165) is 11.0 Å². The highest BCUT2D eigenvalue weighted by Gasteiger charge is 2.36. The Bertz CT molecular complexity index is 657. The van der Waals surface area contributed by atoms with Crippen LogP contribution in [0.2, 0.25) is 0 Å². The molecule has 2 atom stereocenters. The molecular weight excluding hydrogens is 316 g/mol. The van der Waals surface area contributed by atoms with Crippen molar-refractivity contribution in [3.05, 3.63) is 17.6 Å². The smallest absolute Gasteiger partial charge is 0.230 e. The number of nitrogens with zero attached hydrogens (tertiary/aromatic N) is 6. The van der Waals surface area contributed by atoms with Crippen molar-refractivity contribution in [2.45, 2.75) is 45.4 Å². The largest absolute Gasteiger partial charge is 0.424 e. The van der Waals surface area contributed by atoms with Crippen LogP contribution in [0.3, 0.4) is 0 Å². The second kappa shape index (κ2) is 6.50. The highest BCUT2D eigenvalue weighted by Crippen LogP contribution is 2.27. The summed E-state index contributed by atoms with van der Waals surface area (Å²) < 4.78 is 9.80. The van der Waals surface area contributed by atoms with Crippen molar-refractivity contribution in [2.24, 2.45) is 0 Å². The Balaban J connectivity index is 1.65. The van der Waals surface area contributed by atoms with Crippen LogP contribution in [0.25, 0.3) is 0 Å². The molecule has 23 heavy (non-hydrogen) atoms. The van der Waals surface area contributed by atoms with E-state index in [4.69, 9.17) is 4.42 Å². The topological polar surface area (TPSA) is 91.4 Å². The molecule has 1 saturated heterocycles. The highest BCUT2D eigenvalue weighted by atomic mass is 32.1. The van der Waals surface area contributed by atoms with E-state index < -0.39 is 6.10 Å². The predicted molar refractivity (Wildman–Crippen MR) is 86.5 cm³/mol. The van der Waals surface area contributed by atoms with Crippen LogP contribution in [0.4, 0.5) is 5.13 Å². The third-order valence-corrected chi connectivity index (χ3v) is 4.79. The molecule has 1 aliphatic rings. The van der Waals surface area contributed by atoms with Crippen LogP contribution in [-0.2, 0) is 6.54 Å². The monoisotopic (exact) mass is 338 g/mol. The Morgan fingerprint density at radius 3 is 2.78 bits per heavy atom. The van der Waals surface area contributed by atoms with E-state index in [1.54, 1.807) is 6.92 Å². The first-order valence-electron chi connectivity index (χ1n) is 7.70. The molecule has 1 N–H and O–H groups in total. The Labute approximate surface area is 139 Å². The van der Waals surface area contributed by atoms with Crippen molar-refractivity contribution >= 4 is 16.7 Å². The molecular formula is C14H22N6O2S. The van der Waals surface area contributed by atoms with Crippen LogP contribution in [0, 0.1) is 6.92 Å². The van der Waals surface area contributed by atoms with Gasteiger partial charge in [-0.25, -0.2) is 4.98 Å². The zero-order chi connectivity index (χ0) is 16.6. The van der Waals surface area contributed by atoms with E-state index in [1.807, 2.05) is 11.9 Å². The van der Waals surface area contributed by atoms with E-state index >= 15 is 0 Å². The fourth-order valence-corrected chi connectivity index (χ4v) is 3.51. The first-order chi connectivity index (χ1) is 10.9. The van der Waals surface area contributed by atoms with Gasteiger partial charge >= 0.3 is 0 Å². The lowest BCUT2D eigenvalue weighted by Crippen LogP contribution is -2.40. The molecule has 1 unspecified atom stereocenters. The Kier molecular flexibility index (Phi) is 4.60. The normalized spacial score (nSPS) is 21.8. The lowest BCUT2D eigenvalue weighted by Gasteiger charge is -2.24. The predicted octanol–water partition coefficient (Wildman–Crippen LogP) is 1.03. The van der Waals surface area contributed by atoms with Crippen molar-refractivity contribution in [3.8, 4) is 0 Å². The van der Waals surface area contributed by atoms with Crippen LogP contribution in [-0.4, -0.2) is 61.8 Å².